The van der Waals surface area contributed by atoms with Crippen molar-refractivity contribution in [2.24, 2.45) is 5.73 Å². The van der Waals surface area contributed by atoms with Crippen LogP contribution < -0.4 is 11.1 Å². The van der Waals surface area contributed by atoms with Crippen LogP contribution in [-0.4, -0.2) is 11.8 Å². The first-order chi connectivity index (χ1) is 10.1. The Balaban J connectivity index is 2.10. The van der Waals surface area contributed by atoms with Gasteiger partial charge in [0.15, 0.2) is 0 Å². The van der Waals surface area contributed by atoms with Crippen LogP contribution in [0.15, 0.2) is 54.6 Å². The third-order valence-electron chi connectivity index (χ3n) is 3.03. The first-order valence-corrected chi connectivity index (χ1v) is 6.45. The molecule has 1 atom stereocenters. The smallest absolute Gasteiger partial charge is 0.244 e. The summed E-state index contributed by atoms with van der Waals surface area (Å²) < 4.78 is 13.5. The number of amides is 2. The van der Waals surface area contributed by atoms with Crippen LogP contribution in [0.3, 0.4) is 0 Å². The summed E-state index contributed by atoms with van der Waals surface area (Å²) in [4.78, 5) is 23.5. The van der Waals surface area contributed by atoms with E-state index in [1.165, 1.54) is 12.1 Å². The Morgan fingerprint density at radius 1 is 1.05 bits per heavy atom. The van der Waals surface area contributed by atoms with Gasteiger partial charge in [0, 0.05) is 0 Å². The molecule has 0 aromatic heterocycles. The zero-order valence-corrected chi connectivity index (χ0v) is 11.3. The molecule has 0 aliphatic carbocycles. The van der Waals surface area contributed by atoms with Crippen LogP contribution in [0.4, 0.5) is 4.39 Å². The van der Waals surface area contributed by atoms with E-state index in [1.54, 1.807) is 42.5 Å². The molecule has 0 spiro atoms. The second-order valence-electron chi connectivity index (χ2n) is 4.58. The zero-order chi connectivity index (χ0) is 15.2. The fraction of sp³-hybridized carbons (Fsp3) is 0.125. The van der Waals surface area contributed by atoms with Gasteiger partial charge in [-0.05, 0) is 17.2 Å². The van der Waals surface area contributed by atoms with Gasteiger partial charge in [-0.2, -0.15) is 0 Å². The number of nitrogens with one attached hydrogen (secondary N) is 1. The average Bonchev–Trinajstić information content (AvgIpc) is 2.48. The summed E-state index contributed by atoms with van der Waals surface area (Å²) in [6, 6.07) is 13.7. The molecule has 0 saturated carbocycles. The van der Waals surface area contributed by atoms with E-state index in [1.807, 2.05) is 0 Å². The van der Waals surface area contributed by atoms with Crippen LogP contribution in [0.2, 0.25) is 0 Å². The minimum Gasteiger partial charge on any atom is -0.368 e. The Morgan fingerprint density at radius 2 is 1.67 bits per heavy atom. The van der Waals surface area contributed by atoms with Crippen LogP contribution >= 0.6 is 0 Å². The predicted molar refractivity (Wildman–Crippen MR) is 76.6 cm³/mol. The highest BCUT2D eigenvalue weighted by Gasteiger charge is 2.20. The molecule has 0 saturated heterocycles. The maximum Gasteiger partial charge on any atom is 0.244 e. The van der Waals surface area contributed by atoms with E-state index < -0.39 is 23.7 Å². The molecule has 0 bridgehead atoms. The summed E-state index contributed by atoms with van der Waals surface area (Å²) in [5.41, 5.74) is 6.17. The first-order valence-electron chi connectivity index (χ1n) is 6.45. The fourth-order valence-corrected chi connectivity index (χ4v) is 1.99. The first kappa shape index (κ1) is 14.7. The van der Waals surface area contributed by atoms with Gasteiger partial charge in [-0.15, -0.1) is 0 Å². The van der Waals surface area contributed by atoms with Gasteiger partial charge in [0.05, 0.1) is 6.42 Å². The van der Waals surface area contributed by atoms with Gasteiger partial charge in [-0.1, -0.05) is 48.5 Å². The molecule has 0 aliphatic rings. The Hall–Kier alpha value is -2.69. The monoisotopic (exact) mass is 286 g/mol. The summed E-state index contributed by atoms with van der Waals surface area (Å²) in [6.07, 6.45) is -0.150. The van der Waals surface area contributed by atoms with Crippen molar-refractivity contribution in [2.45, 2.75) is 12.5 Å². The van der Waals surface area contributed by atoms with Gasteiger partial charge in [0.1, 0.15) is 11.9 Å². The van der Waals surface area contributed by atoms with E-state index in [0.717, 1.165) is 0 Å². The maximum absolute atomic E-state index is 13.5. The van der Waals surface area contributed by atoms with Crippen molar-refractivity contribution in [3.8, 4) is 0 Å². The Morgan fingerprint density at radius 3 is 2.29 bits per heavy atom. The predicted octanol–water partition coefficient (Wildman–Crippen LogP) is 1.71. The number of hydrogen-bond acceptors (Lipinski definition) is 2. The van der Waals surface area contributed by atoms with Crippen molar-refractivity contribution in [3.63, 3.8) is 0 Å². The molecule has 0 radical (unpaired) electrons. The van der Waals surface area contributed by atoms with Gasteiger partial charge < -0.3 is 11.1 Å². The van der Waals surface area contributed by atoms with Gasteiger partial charge >= 0.3 is 0 Å². The molecule has 4 nitrogen and oxygen atoms in total. The number of hydrogen-bond donors (Lipinski definition) is 2. The lowest BCUT2D eigenvalue weighted by atomic mass is 10.1. The van der Waals surface area contributed by atoms with E-state index in [-0.39, 0.29) is 12.0 Å². The van der Waals surface area contributed by atoms with Gasteiger partial charge in [0.2, 0.25) is 11.8 Å². The molecule has 108 valence electrons. The van der Waals surface area contributed by atoms with Crippen LogP contribution in [-0.2, 0) is 16.0 Å². The number of nitrogens with two attached hydrogens (primary N) is 1. The van der Waals surface area contributed by atoms with Crippen molar-refractivity contribution < 1.29 is 14.0 Å². The van der Waals surface area contributed by atoms with Gasteiger partial charge in [-0.3, -0.25) is 9.59 Å². The van der Waals surface area contributed by atoms with Gasteiger partial charge in [0.25, 0.3) is 0 Å². The van der Waals surface area contributed by atoms with Crippen molar-refractivity contribution in [3.05, 3.63) is 71.5 Å². The van der Waals surface area contributed by atoms with Crippen molar-refractivity contribution >= 4 is 11.8 Å². The zero-order valence-electron chi connectivity index (χ0n) is 11.3. The van der Waals surface area contributed by atoms with E-state index in [0.29, 0.717) is 5.56 Å². The average molecular weight is 286 g/mol. The number of primary amides is 1. The summed E-state index contributed by atoms with van der Waals surface area (Å²) in [6.45, 7) is 0. The van der Waals surface area contributed by atoms with Crippen molar-refractivity contribution in [1.82, 2.24) is 5.32 Å². The third kappa shape index (κ3) is 3.89. The van der Waals surface area contributed by atoms with Gasteiger partial charge in [-0.25, -0.2) is 4.39 Å². The second kappa shape index (κ2) is 6.65. The molecule has 5 heteroatoms. The number of halogens is 1. The maximum atomic E-state index is 13.5. The second-order valence-corrected chi connectivity index (χ2v) is 4.58. The highest BCUT2D eigenvalue weighted by Crippen LogP contribution is 2.13. The quantitative estimate of drug-likeness (QED) is 0.878. The normalized spacial score (nSPS) is 11.7. The summed E-state index contributed by atoms with van der Waals surface area (Å²) in [5, 5.41) is 2.53. The van der Waals surface area contributed by atoms with E-state index in [2.05, 4.69) is 5.32 Å². The highest BCUT2D eigenvalue weighted by atomic mass is 19.1. The lowest BCUT2D eigenvalue weighted by Crippen LogP contribution is -2.38. The fourth-order valence-electron chi connectivity index (χ4n) is 1.99. The molecule has 0 fully saturated rings. The van der Waals surface area contributed by atoms with Crippen LogP contribution in [0.1, 0.15) is 17.2 Å². The molecular weight excluding hydrogens is 271 g/mol. The molecule has 3 N–H and O–H groups in total. The van der Waals surface area contributed by atoms with E-state index >= 15 is 0 Å². The summed E-state index contributed by atoms with van der Waals surface area (Å²) in [7, 11) is 0. The van der Waals surface area contributed by atoms with Crippen molar-refractivity contribution in [2.75, 3.05) is 0 Å². The largest absolute Gasteiger partial charge is 0.368 e. The molecule has 2 rings (SSSR count). The number of carbonyl (C=O) groups excluding carboxylic acids is 2. The molecule has 2 aromatic carbocycles. The molecule has 0 aliphatic heterocycles. The Labute approximate surface area is 121 Å². The number of rotatable bonds is 5. The molecule has 2 aromatic rings. The summed E-state index contributed by atoms with van der Waals surface area (Å²) >= 11 is 0. The lowest BCUT2D eigenvalue weighted by Gasteiger charge is -2.16. The summed E-state index contributed by atoms with van der Waals surface area (Å²) in [5.74, 6) is -1.58. The molecule has 21 heavy (non-hydrogen) atoms. The standard InChI is InChI=1S/C16H15FN2O2/c17-13-9-5-4-8-12(13)10-14(20)19-15(16(18)21)11-6-2-1-3-7-11/h1-9,15H,10H2,(H2,18,21)(H,19,20)/t15-/m1/s1. The van der Waals surface area contributed by atoms with Crippen LogP contribution in [0, 0.1) is 5.82 Å². The lowest BCUT2D eigenvalue weighted by molar-refractivity contribution is -0.127. The minimum atomic E-state index is -0.925. The van der Waals surface area contributed by atoms with E-state index in [9.17, 15) is 14.0 Å². The number of benzene rings is 2. The van der Waals surface area contributed by atoms with Crippen LogP contribution in [0.5, 0.6) is 0 Å². The topological polar surface area (TPSA) is 72.2 Å². The minimum absolute atomic E-state index is 0.150. The molecule has 2 amide bonds. The molecule has 0 unspecified atom stereocenters. The molecular formula is C16H15FN2O2. The highest BCUT2D eigenvalue weighted by molar-refractivity contribution is 5.88. The number of carbonyl (C=O) groups is 2. The SMILES string of the molecule is NC(=O)[C@H](NC(=O)Cc1ccccc1F)c1ccccc1. The molecule has 0 heterocycles. The van der Waals surface area contributed by atoms with Crippen molar-refractivity contribution in [1.29, 1.82) is 0 Å². The van der Waals surface area contributed by atoms with E-state index in [4.69, 9.17) is 5.73 Å². The Kier molecular flexibility index (Phi) is 4.66. The Bertz CT molecular complexity index is 644. The van der Waals surface area contributed by atoms with Crippen LogP contribution in [0.25, 0.3) is 0 Å². The third-order valence-corrected chi connectivity index (χ3v) is 3.03.